The van der Waals surface area contributed by atoms with Gasteiger partial charge in [-0.1, -0.05) is 57.7 Å². The van der Waals surface area contributed by atoms with Crippen LogP contribution in [0, 0.1) is 5.92 Å². The lowest BCUT2D eigenvalue weighted by Crippen LogP contribution is -2.09. The molecule has 0 spiro atoms. The molecule has 0 bridgehead atoms. The maximum atomic E-state index is 12.3. The zero-order valence-electron chi connectivity index (χ0n) is 12.8. The van der Waals surface area contributed by atoms with E-state index in [1.54, 1.807) is 6.20 Å². The molecule has 0 fully saturated rings. The van der Waals surface area contributed by atoms with Gasteiger partial charge in [-0.2, -0.15) is 9.90 Å². The van der Waals surface area contributed by atoms with E-state index < -0.39 is 0 Å². The second kappa shape index (κ2) is 7.72. The van der Waals surface area contributed by atoms with Gasteiger partial charge in [-0.3, -0.25) is 4.79 Å². The van der Waals surface area contributed by atoms with Gasteiger partial charge in [0.15, 0.2) is 5.78 Å². The molecule has 0 aliphatic rings. The van der Waals surface area contributed by atoms with Crippen molar-refractivity contribution >= 4 is 5.78 Å². The summed E-state index contributed by atoms with van der Waals surface area (Å²) in [7, 11) is 0. The highest BCUT2D eigenvalue weighted by molar-refractivity contribution is 5.94. The number of ketones is 1. The average molecular weight is 285 g/mol. The molecule has 0 aliphatic carbocycles. The summed E-state index contributed by atoms with van der Waals surface area (Å²) in [6.07, 6.45) is 6.66. The largest absolute Gasteiger partial charge is 0.292 e. The van der Waals surface area contributed by atoms with Gasteiger partial charge in [-0.15, -0.1) is 5.10 Å². The Labute approximate surface area is 126 Å². The van der Waals surface area contributed by atoms with Crippen LogP contribution in [-0.4, -0.2) is 20.8 Å². The van der Waals surface area contributed by atoms with E-state index in [9.17, 15) is 4.79 Å². The van der Waals surface area contributed by atoms with Crippen molar-refractivity contribution in [3.63, 3.8) is 0 Å². The number of aromatic nitrogens is 3. The van der Waals surface area contributed by atoms with Gasteiger partial charge in [0.1, 0.15) is 5.69 Å². The molecule has 0 saturated heterocycles. The highest BCUT2D eigenvalue weighted by Crippen LogP contribution is 2.19. The van der Waals surface area contributed by atoms with Crippen molar-refractivity contribution in [3.8, 4) is 5.69 Å². The number of Topliss-reactive ketones (excluding diaryl/α,β-unsaturated/α-hetero) is 1. The second-order valence-electron chi connectivity index (χ2n) is 5.40. The van der Waals surface area contributed by atoms with Crippen LogP contribution < -0.4 is 0 Å². The zero-order valence-corrected chi connectivity index (χ0v) is 12.8. The summed E-state index contributed by atoms with van der Waals surface area (Å²) < 4.78 is 0. The molecule has 4 nitrogen and oxygen atoms in total. The summed E-state index contributed by atoms with van der Waals surface area (Å²) in [6, 6.07) is 9.64. The van der Waals surface area contributed by atoms with Crippen LogP contribution in [0.4, 0.5) is 0 Å². The smallest absolute Gasteiger partial charge is 0.185 e. The first kappa shape index (κ1) is 15.4. The molecular weight excluding hydrogens is 262 g/mol. The minimum atomic E-state index is 0.0973. The fraction of sp³-hybridized carbons (Fsp3) is 0.471. The molecule has 112 valence electrons. The van der Waals surface area contributed by atoms with Gasteiger partial charge in [-0.05, 0) is 18.1 Å². The van der Waals surface area contributed by atoms with Crippen LogP contribution >= 0.6 is 0 Å². The monoisotopic (exact) mass is 285 g/mol. The minimum absolute atomic E-state index is 0.0973. The lowest BCUT2D eigenvalue weighted by molar-refractivity contribution is 0.0951. The minimum Gasteiger partial charge on any atom is -0.292 e. The Bertz CT molecular complexity index is 562. The van der Waals surface area contributed by atoms with E-state index in [1.165, 1.54) is 17.6 Å². The molecule has 1 atom stereocenters. The summed E-state index contributed by atoms with van der Waals surface area (Å²) in [4.78, 5) is 13.8. The number of nitrogens with zero attached hydrogens (tertiary/aromatic N) is 3. The first-order valence-electron chi connectivity index (χ1n) is 7.75. The number of hydrogen-bond acceptors (Lipinski definition) is 3. The predicted octanol–water partition coefficient (Wildman–Crippen LogP) is 4.06. The standard InChI is InChI=1S/C17H23N3O/c1-3-5-9-14(4-2)12-17(21)16-13-18-20(19-16)15-10-7-6-8-11-15/h6-8,10-11,13-14H,3-5,9,12H2,1-2H3. The topological polar surface area (TPSA) is 47.8 Å². The maximum Gasteiger partial charge on any atom is 0.185 e. The number of hydrogen-bond donors (Lipinski definition) is 0. The first-order valence-corrected chi connectivity index (χ1v) is 7.75. The van der Waals surface area contributed by atoms with Crippen molar-refractivity contribution in [1.29, 1.82) is 0 Å². The highest BCUT2D eigenvalue weighted by atomic mass is 16.1. The van der Waals surface area contributed by atoms with E-state index in [0.717, 1.165) is 18.5 Å². The van der Waals surface area contributed by atoms with Gasteiger partial charge < -0.3 is 0 Å². The van der Waals surface area contributed by atoms with Crippen molar-refractivity contribution in [2.24, 2.45) is 5.92 Å². The van der Waals surface area contributed by atoms with E-state index in [0.29, 0.717) is 18.0 Å². The van der Waals surface area contributed by atoms with Gasteiger partial charge in [0.2, 0.25) is 0 Å². The fourth-order valence-corrected chi connectivity index (χ4v) is 2.39. The SMILES string of the molecule is CCCCC(CC)CC(=O)c1cnn(-c2ccccc2)n1. The van der Waals surface area contributed by atoms with E-state index >= 15 is 0 Å². The van der Waals surface area contributed by atoms with Crippen LogP contribution in [0.1, 0.15) is 56.4 Å². The normalized spacial score (nSPS) is 12.3. The molecule has 1 unspecified atom stereocenters. The highest BCUT2D eigenvalue weighted by Gasteiger charge is 2.16. The van der Waals surface area contributed by atoms with Gasteiger partial charge in [0.05, 0.1) is 11.9 Å². The van der Waals surface area contributed by atoms with E-state index in [-0.39, 0.29) is 5.78 Å². The third kappa shape index (κ3) is 4.25. The van der Waals surface area contributed by atoms with Crippen molar-refractivity contribution < 1.29 is 4.79 Å². The van der Waals surface area contributed by atoms with Crippen LogP contribution in [0.5, 0.6) is 0 Å². The fourth-order valence-electron chi connectivity index (χ4n) is 2.39. The molecule has 0 saturated carbocycles. The van der Waals surface area contributed by atoms with Crippen LogP contribution in [0.15, 0.2) is 36.5 Å². The molecule has 2 rings (SSSR count). The predicted molar refractivity (Wildman–Crippen MR) is 83.6 cm³/mol. The molecule has 0 amide bonds. The van der Waals surface area contributed by atoms with Crippen molar-refractivity contribution in [2.45, 2.75) is 46.0 Å². The Hall–Kier alpha value is -1.97. The Balaban J connectivity index is 2.02. The molecular formula is C17H23N3O. The molecule has 1 aromatic heterocycles. The van der Waals surface area contributed by atoms with E-state index in [2.05, 4.69) is 24.0 Å². The summed E-state index contributed by atoms with van der Waals surface area (Å²) in [5, 5.41) is 8.49. The van der Waals surface area contributed by atoms with Crippen LogP contribution in [-0.2, 0) is 0 Å². The number of carbonyl (C=O) groups is 1. The zero-order chi connectivity index (χ0) is 15.1. The molecule has 21 heavy (non-hydrogen) atoms. The maximum absolute atomic E-state index is 12.3. The van der Waals surface area contributed by atoms with Crippen molar-refractivity contribution in [1.82, 2.24) is 15.0 Å². The van der Waals surface area contributed by atoms with Crippen LogP contribution in [0.3, 0.4) is 0 Å². The number of benzene rings is 1. The summed E-state index contributed by atoms with van der Waals surface area (Å²) in [5.41, 5.74) is 1.34. The number of para-hydroxylation sites is 1. The number of rotatable bonds is 8. The molecule has 0 radical (unpaired) electrons. The Morgan fingerprint density at radius 2 is 2.00 bits per heavy atom. The molecule has 0 aliphatic heterocycles. The van der Waals surface area contributed by atoms with E-state index in [1.807, 2.05) is 30.3 Å². The quantitative estimate of drug-likeness (QED) is 0.687. The Morgan fingerprint density at radius 3 is 2.67 bits per heavy atom. The van der Waals surface area contributed by atoms with Gasteiger partial charge in [0, 0.05) is 6.42 Å². The summed E-state index contributed by atoms with van der Waals surface area (Å²) in [6.45, 7) is 4.33. The number of carbonyl (C=O) groups excluding carboxylic acids is 1. The van der Waals surface area contributed by atoms with E-state index in [4.69, 9.17) is 0 Å². The molecule has 4 heteroatoms. The van der Waals surface area contributed by atoms with Gasteiger partial charge in [0.25, 0.3) is 0 Å². The van der Waals surface area contributed by atoms with Crippen molar-refractivity contribution in [2.75, 3.05) is 0 Å². The van der Waals surface area contributed by atoms with Crippen LogP contribution in [0.25, 0.3) is 5.69 Å². The Morgan fingerprint density at radius 1 is 1.24 bits per heavy atom. The molecule has 2 aromatic rings. The van der Waals surface area contributed by atoms with Gasteiger partial charge >= 0.3 is 0 Å². The lowest BCUT2D eigenvalue weighted by atomic mass is 9.93. The summed E-state index contributed by atoms with van der Waals surface area (Å²) >= 11 is 0. The molecule has 0 N–H and O–H groups in total. The van der Waals surface area contributed by atoms with Crippen LogP contribution in [0.2, 0.25) is 0 Å². The first-order chi connectivity index (χ1) is 10.2. The average Bonchev–Trinajstić information content (AvgIpc) is 3.02. The molecule has 1 heterocycles. The third-order valence-electron chi connectivity index (χ3n) is 3.78. The summed E-state index contributed by atoms with van der Waals surface area (Å²) in [5.74, 6) is 0.555. The van der Waals surface area contributed by atoms with Crippen molar-refractivity contribution in [3.05, 3.63) is 42.2 Å². The number of unbranched alkanes of at least 4 members (excludes halogenated alkanes) is 1. The molecule has 1 aromatic carbocycles. The lowest BCUT2D eigenvalue weighted by Gasteiger charge is -2.12. The second-order valence-corrected chi connectivity index (χ2v) is 5.40. The Kier molecular flexibility index (Phi) is 5.67. The third-order valence-corrected chi connectivity index (χ3v) is 3.78. The van der Waals surface area contributed by atoms with Gasteiger partial charge in [-0.25, -0.2) is 0 Å².